The molecule has 0 unspecified atom stereocenters. The third-order valence-electron chi connectivity index (χ3n) is 1.76. The maximum absolute atomic E-state index is 11.4. The molecule has 7 nitrogen and oxygen atoms in total. The summed E-state index contributed by atoms with van der Waals surface area (Å²) in [4.78, 5) is 37.6. The van der Waals surface area contributed by atoms with Crippen LogP contribution in [0.4, 0.5) is 0 Å². The SMILES string of the molecule is O=C(O)CONC(=O)CCNC(=O)c1cccs1. The molecule has 98 valence electrons. The first kappa shape index (κ1) is 14.1. The summed E-state index contributed by atoms with van der Waals surface area (Å²) < 4.78 is 0. The van der Waals surface area contributed by atoms with E-state index in [2.05, 4.69) is 10.2 Å². The van der Waals surface area contributed by atoms with Gasteiger partial charge < -0.3 is 10.4 Å². The number of rotatable bonds is 7. The van der Waals surface area contributed by atoms with Gasteiger partial charge >= 0.3 is 5.97 Å². The van der Waals surface area contributed by atoms with Crippen molar-refractivity contribution in [3.05, 3.63) is 22.4 Å². The number of aliphatic carboxylic acids is 1. The van der Waals surface area contributed by atoms with Crippen LogP contribution < -0.4 is 10.8 Å². The van der Waals surface area contributed by atoms with E-state index in [0.29, 0.717) is 4.88 Å². The molecule has 0 aromatic carbocycles. The quantitative estimate of drug-likeness (QED) is 0.606. The van der Waals surface area contributed by atoms with Gasteiger partial charge in [0.25, 0.3) is 5.91 Å². The molecule has 0 bridgehead atoms. The Morgan fingerprint density at radius 3 is 2.78 bits per heavy atom. The Bertz CT molecular complexity index is 418. The zero-order valence-electron chi connectivity index (χ0n) is 9.34. The molecule has 18 heavy (non-hydrogen) atoms. The molecule has 0 aliphatic rings. The molecule has 3 N–H and O–H groups in total. The molecule has 0 fully saturated rings. The fourth-order valence-electron chi connectivity index (χ4n) is 1.01. The van der Waals surface area contributed by atoms with E-state index in [-0.39, 0.29) is 18.9 Å². The maximum Gasteiger partial charge on any atom is 0.332 e. The molecule has 1 aromatic rings. The fraction of sp³-hybridized carbons (Fsp3) is 0.300. The van der Waals surface area contributed by atoms with E-state index < -0.39 is 18.5 Å². The van der Waals surface area contributed by atoms with Crippen molar-refractivity contribution >= 4 is 29.1 Å². The normalized spacial score (nSPS) is 9.78. The lowest BCUT2D eigenvalue weighted by Gasteiger charge is -2.04. The van der Waals surface area contributed by atoms with Crippen molar-refractivity contribution in [3.8, 4) is 0 Å². The summed E-state index contributed by atoms with van der Waals surface area (Å²) in [6, 6.07) is 3.43. The maximum atomic E-state index is 11.4. The van der Waals surface area contributed by atoms with Crippen LogP contribution in [-0.4, -0.2) is 36.0 Å². The highest BCUT2D eigenvalue weighted by Crippen LogP contribution is 2.07. The van der Waals surface area contributed by atoms with Crippen LogP contribution in [0.15, 0.2) is 17.5 Å². The van der Waals surface area contributed by atoms with Crippen molar-refractivity contribution in [3.63, 3.8) is 0 Å². The minimum atomic E-state index is -1.18. The van der Waals surface area contributed by atoms with E-state index in [4.69, 9.17) is 5.11 Å². The van der Waals surface area contributed by atoms with Gasteiger partial charge in [-0.05, 0) is 11.4 Å². The molecule has 1 heterocycles. The summed E-state index contributed by atoms with van der Waals surface area (Å²) in [5.41, 5.74) is 1.95. The van der Waals surface area contributed by atoms with Gasteiger partial charge in [-0.15, -0.1) is 11.3 Å². The highest BCUT2D eigenvalue weighted by atomic mass is 32.1. The van der Waals surface area contributed by atoms with Crippen LogP contribution in [0.25, 0.3) is 0 Å². The van der Waals surface area contributed by atoms with Crippen molar-refractivity contribution < 1.29 is 24.3 Å². The van der Waals surface area contributed by atoms with E-state index in [1.165, 1.54) is 11.3 Å². The molecule has 0 radical (unpaired) electrons. The topological polar surface area (TPSA) is 105 Å². The second kappa shape index (κ2) is 7.41. The summed E-state index contributed by atoms with van der Waals surface area (Å²) in [5, 5.41) is 12.6. The average molecular weight is 272 g/mol. The second-order valence-electron chi connectivity index (χ2n) is 3.19. The second-order valence-corrected chi connectivity index (χ2v) is 4.14. The van der Waals surface area contributed by atoms with Crippen LogP contribution in [0.2, 0.25) is 0 Å². The zero-order chi connectivity index (χ0) is 13.4. The summed E-state index contributed by atoms with van der Waals surface area (Å²) in [6.07, 6.45) is 0.0106. The summed E-state index contributed by atoms with van der Waals surface area (Å²) in [7, 11) is 0. The van der Waals surface area contributed by atoms with Crippen molar-refractivity contribution in [1.29, 1.82) is 0 Å². The highest BCUT2D eigenvalue weighted by molar-refractivity contribution is 7.12. The number of hydrogen-bond acceptors (Lipinski definition) is 5. The number of carbonyl (C=O) groups is 3. The van der Waals surface area contributed by atoms with Gasteiger partial charge in [0.05, 0.1) is 4.88 Å². The molecule has 2 amide bonds. The molecule has 0 saturated carbocycles. The van der Waals surface area contributed by atoms with Crippen molar-refractivity contribution in [2.24, 2.45) is 0 Å². The van der Waals surface area contributed by atoms with Crippen LogP contribution in [0, 0.1) is 0 Å². The van der Waals surface area contributed by atoms with E-state index in [0.717, 1.165) is 0 Å². The van der Waals surface area contributed by atoms with Crippen LogP contribution in [0.3, 0.4) is 0 Å². The number of carboxylic acid groups (broad SMARTS) is 1. The van der Waals surface area contributed by atoms with E-state index >= 15 is 0 Å². The van der Waals surface area contributed by atoms with Gasteiger partial charge in [0, 0.05) is 13.0 Å². The summed E-state index contributed by atoms with van der Waals surface area (Å²) in [5.74, 6) is -1.92. The molecular formula is C10H12N2O5S. The number of nitrogens with one attached hydrogen (secondary N) is 2. The fourth-order valence-corrected chi connectivity index (χ4v) is 1.65. The molecule has 0 spiro atoms. The first-order valence-electron chi connectivity index (χ1n) is 5.03. The number of thiophene rings is 1. The van der Waals surface area contributed by atoms with Gasteiger partial charge in [0.2, 0.25) is 5.91 Å². The lowest BCUT2D eigenvalue weighted by atomic mass is 10.4. The minimum absolute atomic E-state index is 0.0106. The van der Waals surface area contributed by atoms with Crippen LogP contribution in [-0.2, 0) is 14.4 Å². The van der Waals surface area contributed by atoms with Gasteiger partial charge in [-0.2, -0.15) is 0 Å². The number of hydrogen-bond donors (Lipinski definition) is 3. The van der Waals surface area contributed by atoms with Gasteiger partial charge in [0.1, 0.15) is 0 Å². The van der Waals surface area contributed by atoms with Gasteiger partial charge in [0.15, 0.2) is 6.61 Å². The smallest absolute Gasteiger partial charge is 0.332 e. The average Bonchev–Trinajstić information content (AvgIpc) is 2.81. The number of amides is 2. The Morgan fingerprint density at radius 2 is 2.17 bits per heavy atom. The van der Waals surface area contributed by atoms with Crippen molar-refractivity contribution in [2.45, 2.75) is 6.42 Å². The molecule has 1 rings (SSSR count). The van der Waals surface area contributed by atoms with Gasteiger partial charge in [-0.1, -0.05) is 6.07 Å². The number of carbonyl (C=O) groups excluding carboxylic acids is 2. The lowest BCUT2D eigenvalue weighted by molar-refractivity contribution is -0.149. The van der Waals surface area contributed by atoms with E-state index in [1.54, 1.807) is 17.5 Å². The third kappa shape index (κ3) is 5.41. The Labute approximate surface area is 107 Å². The Kier molecular flexibility index (Phi) is 5.81. The first-order valence-corrected chi connectivity index (χ1v) is 5.91. The molecule has 0 saturated heterocycles. The predicted molar refractivity (Wildman–Crippen MR) is 63.0 cm³/mol. The molecule has 0 aliphatic heterocycles. The molecule has 0 aliphatic carbocycles. The van der Waals surface area contributed by atoms with E-state index in [1.807, 2.05) is 5.48 Å². The monoisotopic (exact) mass is 272 g/mol. The molecular weight excluding hydrogens is 260 g/mol. The molecule has 1 aromatic heterocycles. The third-order valence-corrected chi connectivity index (χ3v) is 2.63. The van der Waals surface area contributed by atoms with Crippen LogP contribution in [0.5, 0.6) is 0 Å². The van der Waals surface area contributed by atoms with Gasteiger partial charge in [-0.3, -0.25) is 14.4 Å². The number of hydroxylamine groups is 1. The largest absolute Gasteiger partial charge is 0.479 e. The van der Waals surface area contributed by atoms with Crippen molar-refractivity contribution in [2.75, 3.05) is 13.2 Å². The minimum Gasteiger partial charge on any atom is -0.479 e. The number of carboxylic acids is 1. The predicted octanol–water partition coefficient (Wildman–Crippen LogP) is 0.000400. The Hall–Kier alpha value is -1.93. The molecule has 0 atom stereocenters. The standard InChI is InChI=1S/C10H12N2O5S/c13-8(12-17-6-9(14)15)3-4-11-10(16)7-2-1-5-18-7/h1-2,5H,3-4,6H2,(H,11,16)(H,12,13)(H,14,15). The first-order chi connectivity index (χ1) is 8.59. The highest BCUT2D eigenvalue weighted by Gasteiger charge is 2.07. The summed E-state index contributed by atoms with van der Waals surface area (Å²) in [6.45, 7) is -0.452. The molecule has 8 heteroatoms. The Balaban J connectivity index is 2.12. The van der Waals surface area contributed by atoms with E-state index in [9.17, 15) is 14.4 Å². The zero-order valence-corrected chi connectivity index (χ0v) is 10.2. The van der Waals surface area contributed by atoms with Crippen molar-refractivity contribution in [1.82, 2.24) is 10.8 Å². The lowest BCUT2D eigenvalue weighted by Crippen LogP contribution is -2.31. The summed E-state index contributed by atoms with van der Waals surface area (Å²) >= 11 is 1.30. The van der Waals surface area contributed by atoms with Crippen LogP contribution >= 0.6 is 11.3 Å². The van der Waals surface area contributed by atoms with Gasteiger partial charge in [-0.25, -0.2) is 10.3 Å². The van der Waals surface area contributed by atoms with Crippen LogP contribution in [0.1, 0.15) is 16.1 Å². The Morgan fingerprint density at radius 1 is 1.39 bits per heavy atom.